The summed E-state index contributed by atoms with van der Waals surface area (Å²) in [6.07, 6.45) is 12.9. The van der Waals surface area contributed by atoms with Crippen LogP contribution in [0.5, 0.6) is 0 Å². The summed E-state index contributed by atoms with van der Waals surface area (Å²) in [6, 6.07) is 44.3. The zero-order valence-electron chi connectivity index (χ0n) is 23.2. The Bertz CT molecular complexity index is 1280. The zero-order chi connectivity index (χ0) is 27.2. The molecule has 4 heteroatoms. The van der Waals surface area contributed by atoms with Crippen LogP contribution in [0.2, 0.25) is 6.04 Å². The van der Waals surface area contributed by atoms with Crippen LogP contribution in [0.15, 0.2) is 152 Å². The van der Waals surface area contributed by atoms with E-state index in [-0.39, 0.29) is 5.16 Å². The third-order valence-electron chi connectivity index (χ3n) is 7.36. The van der Waals surface area contributed by atoms with Crippen LogP contribution in [0.3, 0.4) is 0 Å². The molecule has 5 rings (SSSR count). The van der Waals surface area contributed by atoms with Gasteiger partial charge >= 0.3 is 0 Å². The first-order valence-corrected chi connectivity index (χ1v) is 15.8. The zero-order valence-corrected chi connectivity index (χ0v) is 24.6. The number of aromatic nitrogens is 2. The maximum atomic E-state index is 4.37. The minimum absolute atomic E-state index is 0.0843. The Balaban J connectivity index is 0.000000212. The van der Waals surface area contributed by atoms with Crippen molar-refractivity contribution in [3.8, 4) is 0 Å². The van der Waals surface area contributed by atoms with E-state index in [1.54, 1.807) is 0 Å². The maximum Gasteiger partial charge on any atom is 0.116 e. The molecule has 2 nitrogen and oxygen atoms in total. The van der Waals surface area contributed by atoms with Crippen molar-refractivity contribution in [1.82, 2.24) is 9.55 Å². The molecule has 0 aliphatic heterocycles. The molecule has 0 radical (unpaired) electrons. The van der Waals surface area contributed by atoms with Gasteiger partial charge in [0.15, 0.2) is 0 Å². The summed E-state index contributed by atoms with van der Waals surface area (Å²) in [6.45, 7) is 2.19. The van der Waals surface area contributed by atoms with Gasteiger partial charge in [-0.05, 0) is 40.9 Å². The van der Waals surface area contributed by atoms with Gasteiger partial charge < -0.3 is 4.57 Å². The molecule has 0 bridgehead atoms. The van der Waals surface area contributed by atoms with Gasteiger partial charge in [-0.25, -0.2) is 4.98 Å². The standard InChI is InChI=1S/C22H26N2Si.C13H13B/c1-2-3-4-11-18-25-22(24-17-16-23-19-24,20-12-7-5-8-13-20)21-14-9-6-10-15-21;14-13(11-7-3-1-4-8-11)12-9-5-2-6-10-12/h3-10,12-17,19H,2,11,18,25H2,1H3;1-10,13H,14H2. The van der Waals surface area contributed by atoms with Crippen molar-refractivity contribution < 1.29 is 0 Å². The third kappa shape index (κ3) is 7.36. The van der Waals surface area contributed by atoms with Crippen LogP contribution in [0.25, 0.3) is 0 Å². The summed E-state index contributed by atoms with van der Waals surface area (Å²) in [5.41, 5.74) is 5.48. The average molecular weight is 527 g/mol. The molecule has 4 aromatic carbocycles. The Hall–Kier alpha value is -3.89. The molecule has 1 aromatic heterocycles. The van der Waals surface area contributed by atoms with E-state index < -0.39 is 9.52 Å². The first-order valence-electron chi connectivity index (χ1n) is 14.1. The lowest BCUT2D eigenvalue weighted by atomic mass is 9.76. The van der Waals surface area contributed by atoms with Crippen LogP contribution in [0.4, 0.5) is 0 Å². The number of imidazole rings is 1. The number of benzene rings is 4. The van der Waals surface area contributed by atoms with Crippen LogP contribution in [-0.4, -0.2) is 26.9 Å². The van der Waals surface area contributed by atoms with Gasteiger partial charge in [-0.2, -0.15) is 0 Å². The molecule has 0 spiro atoms. The van der Waals surface area contributed by atoms with E-state index in [1.807, 2.05) is 12.5 Å². The minimum atomic E-state index is -0.503. The van der Waals surface area contributed by atoms with Crippen molar-refractivity contribution in [2.75, 3.05) is 0 Å². The van der Waals surface area contributed by atoms with E-state index in [2.05, 4.69) is 164 Å². The first kappa shape index (κ1) is 28.1. The van der Waals surface area contributed by atoms with E-state index in [9.17, 15) is 0 Å². The van der Waals surface area contributed by atoms with Crippen LogP contribution in [-0.2, 0) is 5.16 Å². The van der Waals surface area contributed by atoms with Crippen molar-refractivity contribution in [2.24, 2.45) is 0 Å². The quantitative estimate of drug-likeness (QED) is 0.109. The predicted octanol–water partition coefficient (Wildman–Crippen LogP) is 6.99. The second kappa shape index (κ2) is 14.9. The van der Waals surface area contributed by atoms with Gasteiger partial charge in [-0.15, -0.1) is 0 Å². The highest BCUT2D eigenvalue weighted by atomic mass is 28.2. The van der Waals surface area contributed by atoms with Crippen molar-refractivity contribution in [3.05, 3.63) is 174 Å². The molecule has 0 saturated heterocycles. The average Bonchev–Trinajstić information content (AvgIpc) is 3.56. The second-order valence-electron chi connectivity index (χ2n) is 9.88. The van der Waals surface area contributed by atoms with Crippen molar-refractivity contribution in [1.29, 1.82) is 0 Å². The van der Waals surface area contributed by atoms with Gasteiger partial charge in [-0.1, -0.05) is 146 Å². The van der Waals surface area contributed by atoms with Crippen LogP contribution in [0, 0.1) is 0 Å². The number of nitrogens with zero attached hydrogens (tertiary/aromatic N) is 2. The van der Waals surface area contributed by atoms with Gasteiger partial charge in [0, 0.05) is 12.4 Å². The highest BCUT2D eigenvalue weighted by Crippen LogP contribution is 2.34. The molecule has 0 fully saturated rings. The van der Waals surface area contributed by atoms with E-state index in [0.717, 1.165) is 12.8 Å². The monoisotopic (exact) mass is 526 g/mol. The molecule has 0 aliphatic carbocycles. The third-order valence-corrected chi connectivity index (χ3v) is 10.0. The van der Waals surface area contributed by atoms with Gasteiger partial charge in [0.2, 0.25) is 0 Å². The van der Waals surface area contributed by atoms with Crippen LogP contribution >= 0.6 is 0 Å². The van der Waals surface area contributed by atoms with Gasteiger partial charge in [-0.3, -0.25) is 0 Å². The molecule has 0 unspecified atom stereocenters. The number of hydrogen-bond donors (Lipinski definition) is 0. The molecule has 0 atom stereocenters. The number of hydrogen-bond acceptors (Lipinski definition) is 1. The second-order valence-corrected chi connectivity index (χ2v) is 12.1. The van der Waals surface area contributed by atoms with Crippen molar-refractivity contribution >= 4 is 17.4 Å². The molecule has 0 aliphatic rings. The smallest absolute Gasteiger partial charge is 0.116 e. The fraction of sp³-hybridized carbons (Fsp3) is 0.171. The summed E-state index contributed by atoms with van der Waals surface area (Å²) < 4.78 is 2.33. The Kier molecular flexibility index (Phi) is 10.7. The lowest BCUT2D eigenvalue weighted by molar-refractivity contribution is 0.590. The van der Waals surface area contributed by atoms with E-state index in [0.29, 0.717) is 5.82 Å². The SMILES string of the molecule is BC(c1ccccc1)c1ccccc1.CCC=CCC[SiH2]C(c1ccccc1)(c1ccccc1)n1ccnc1. The molecular formula is C35H39BN2Si. The van der Waals surface area contributed by atoms with Crippen LogP contribution < -0.4 is 0 Å². The Labute approximate surface area is 237 Å². The highest BCUT2D eigenvalue weighted by molar-refractivity contribution is 6.41. The lowest BCUT2D eigenvalue weighted by Gasteiger charge is -2.36. The predicted molar refractivity (Wildman–Crippen MR) is 172 cm³/mol. The van der Waals surface area contributed by atoms with Crippen LogP contribution in [0.1, 0.15) is 47.8 Å². The Morgan fingerprint density at radius 2 is 1.23 bits per heavy atom. The summed E-state index contributed by atoms with van der Waals surface area (Å²) >= 11 is 0. The number of rotatable bonds is 10. The topological polar surface area (TPSA) is 17.8 Å². The molecule has 1 heterocycles. The van der Waals surface area contributed by atoms with Gasteiger partial charge in [0.05, 0.1) is 21.0 Å². The number of allylic oxidation sites excluding steroid dienone is 2. The fourth-order valence-corrected chi connectivity index (χ4v) is 7.68. The summed E-state index contributed by atoms with van der Waals surface area (Å²) in [4.78, 5) is 4.37. The molecule has 196 valence electrons. The van der Waals surface area contributed by atoms with E-state index >= 15 is 0 Å². The summed E-state index contributed by atoms with van der Waals surface area (Å²) in [5, 5.41) is -0.0843. The largest absolute Gasteiger partial charge is 0.327 e. The van der Waals surface area contributed by atoms with Crippen molar-refractivity contribution in [2.45, 2.75) is 36.8 Å². The minimum Gasteiger partial charge on any atom is -0.327 e. The molecule has 0 amide bonds. The summed E-state index contributed by atoms with van der Waals surface area (Å²) in [5.74, 6) is 0.484. The Morgan fingerprint density at radius 1 is 0.744 bits per heavy atom. The van der Waals surface area contributed by atoms with E-state index in [4.69, 9.17) is 0 Å². The molecule has 0 N–H and O–H groups in total. The highest BCUT2D eigenvalue weighted by Gasteiger charge is 2.35. The first-order chi connectivity index (χ1) is 19.3. The summed E-state index contributed by atoms with van der Waals surface area (Å²) in [7, 11) is 1.74. The fourth-order valence-electron chi connectivity index (χ4n) is 5.23. The Morgan fingerprint density at radius 3 is 1.67 bits per heavy atom. The van der Waals surface area contributed by atoms with Gasteiger partial charge in [0.1, 0.15) is 7.85 Å². The van der Waals surface area contributed by atoms with E-state index in [1.165, 1.54) is 28.3 Å². The molecule has 5 aromatic rings. The lowest BCUT2D eigenvalue weighted by Crippen LogP contribution is -2.41. The normalized spacial score (nSPS) is 11.6. The molecule has 39 heavy (non-hydrogen) atoms. The molecule has 0 saturated carbocycles. The molecular weight excluding hydrogens is 487 g/mol. The van der Waals surface area contributed by atoms with Gasteiger partial charge in [0.25, 0.3) is 0 Å². The maximum absolute atomic E-state index is 4.37. The van der Waals surface area contributed by atoms with Crippen molar-refractivity contribution in [3.63, 3.8) is 0 Å².